The summed E-state index contributed by atoms with van der Waals surface area (Å²) in [5.74, 6) is 0.131. The molecule has 0 aliphatic carbocycles. The molecule has 3 rings (SSSR count). The summed E-state index contributed by atoms with van der Waals surface area (Å²) >= 11 is 0. The van der Waals surface area contributed by atoms with Gasteiger partial charge in [0.05, 0.1) is 23.8 Å². The Morgan fingerprint density at radius 2 is 1.74 bits per heavy atom. The van der Waals surface area contributed by atoms with E-state index in [1.165, 1.54) is 0 Å². The molecule has 3 heteroatoms. The van der Waals surface area contributed by atoms with Crippen LogP contribution in [0.1, 0.15) is 18.0 Å². The van der Waals surface area contributed by atoms with Gasteiger partial charge in [0.25, 0.3) is 0 Å². The lowest BCUT2D eigenvalue weighted by molar-refractivity contribution is -0.118. The summed E-state index contributed by atoms with van der Waals surface area (Å²) in [6.45, 7) is 0. The van der Waals surface area contributed by atoms with Gasteiger partial charge in [0, 0.05) is 7.05 Å². The first-order chi connectivity index (χ1) is 9.25. The fourth-order valence-electron chi connectivity index (χ4n) is 2.46. The molecule has 1 aliphatic rings. The third-order valence-electron chi connectivity index (χ3n) is 3.55. The first-order valence-corrected chi connectivity index (χ1v) is 6.43. The van der Waals surface area contributed by atoms with Crippen LogP contribution in [0.2, 0.25) is 0 Å². The van der Waals surface area contributed by atoms with E-state index in [1.54, 1.807) is 4.90 Å². The highest BCUT2D eigenvalue weighted by Crippen LogP contribution is 2.34. The van der Waals surface area contributed by atoms with E-state index in [0.29, 0.717) is 6.42 Å². The number of amides is 1. The van der Waals surface area contributed by atoms with E-state index in [0.717, 1.165) is 16.9 Å². The number of carbonyl (C=O) groups is 1. The fraction of sp³-hybridized carbons (Fsp3) is 0.188. The van der Waals surface area contributed by atoms with Crippen molar-refractivity contribution in [2.45, 2.75) is 12.5 Å². The van der Waals surface area contributed by atoms with Gasteiger partial charge in [0.1, 0.15) is 0 Å². The summed E-state index contributed by atoms with van der Waals surface area (Å²) in [7, 11) is 1.83. The van der Waals surface area contributed by atoms with Gasteiger partial charge < -0.3 is 10.2 Å². The Balaban J connectivity index is 2.02. The molecular formula is C16H16N2O. The van der Waals surface area contributed by atoms with Gasteiger partial charge in [0.15, 0.2) is 0 Å². The maximum atomic E-state index is 12.2. The van der Waals surface area contributed by atoms with Crippen LogP contribution < -0.4 is 10.2 Å². The summed E-state index contributed by atoms with van der Waals surface area (Å²) in [4.78, 5) is 14.0. The average Bonchev–Trinajstić information content (AvgIpc) is 2.58. The van der Waals surface area contributed by atoms with Crippen molar-refractivity contribution in [1.29, 1.82) is 0 Å². The fourth-order valence-corrected chi connectivity index (χ4v) is 2.46. The van der Waals surface area contributed by atoms with E-state index in [2.05, 4.69) is 17.4 Å². The van der Waals surface area contributed by atoms with E-state index in [9.17, 15) is 4.79 Å². The normalized spacial score (nSPS) is 18.5. The first kappa shape index (κ1) is 11.8. The maximum absolute atomic E-state index is 12.2. The van der Waals surface area contributed by atoms with Gasteiger partial charge in [-0.3, -0.25) is 4.79 Å². The van der Waals surface area contributed by atoms with E-state index in [1.807, 2.05) is 49.5 Å². The number of nitrogens with zero attached hydrogens (tertiary/aromatic N) is 1. The molecule has 0 unspecified atom stereocenters. The smallest absolute Gasteiger partial charge is 0.229 e. The van der Waals surface area contributed by atoms with Gasteiger partial charge in [-0.1, -0.05) is 42.5 Å². The highest BCUT2D eigenvalue weighted by molar-refractivity contribution is 5.98. The number of benzene rings is 2. The van der Waals surface area contributed by atoms with Crippen LogP contribution in [-0.2, 0) is 4.79 Å². The zero-order valence-corrected chi connectivity index (χ0v) is 10.8. The predicted molar refractivity (Wildman–Crippen MR) is 77.3 cm³/mol. The lowest BCUT2D eigenvalue weighted by Gasteiger charge is -2.17. The minimum atomic E-state index is 0.0276. The van der Waals surface area contributed by atoms with Crippen molar-refractivity contribution in [2.75, 3.05) is 17.3 Å². The molecule has 1 aliphatic heterocycles. The largest absolute Gasteiger partial charge is 0.376 e. The Bertz CT molecular complexity index is 595. The zero-order valence-electron chi connectivity index (χ0n) is 10.8. The molecule has 0 fully saturated rings. The van der Waals surface area contributed by atoms with Crippen molar-refractivity contribution in [2.24, 2.45) is 0 Å². The highest BCUT2D eigenvalue weighted by atomic mass is 16.2. The Labute approximate surface area is 112 Å². The van der Waals surface area contributed by atoms with E-state index in [-0.39, 0.29) is 11.9 Å². The Kier molecular flexibility index (Phi) is 2.95. The van der Waals surface area contributed by atoms with Crippen LogP contribution >= 0.6 is 0 Å². The molecule has 2 aromatic rings. The summed E-state index contributed by atoms with van der Waals surface area (Å²) in [6.07, 6.45) is 0.467. The minimum Gasteiger partial charge on any atom is -0.376 e. The lowest BCUT2D eigenvalue weighted by Crippen LogP contribution is -2.26. The predicted octanol–water partition coefficient (Wildman–Crippen LogP) is 3.21. The van der Waals surface area contributed by atoms with Crippen LogP contribution in [0, 0.1) is 0 Å². The average molecular weight is 252 g/mol. The minimum absolute atomic E-state index is 0.0276. The highest BCUT2D eigenvalue weighted by Gasteiger charge is 2.25. The molecule has 0 spiro atoms. The van der Waals surface area contributed by atoms with E-state index < -0.39 is 0 Å². The number of nitrogens with one attached hydrogen (secondary N) is 1. The van der Waals surface area contributed by atoms with Gasteiger partial charge in [-0.25, -0.2) is 0 Å². The molecule has 3 nitrogen and oxygen atoms in total. The maximum Gasteiger partial charge on any atom is 0.229 e. The molecule has 1 atom stereocenters. The number of rotatable bonds is 1. The zero-order chi connectivity index (χ0) is 13.2. The number of hydrogen-bond acceptors (Lipinski definition) is 2. The SMILES string of the molecule is CN1C(=O)C[C@H](c2ccccc2)Nc2ccccc21. The number of hydrogen-bond donors (Lipinski definition) is 1. The van der Waals surface area contributed by atoms with Crippen molar-refractivity contribution in [3.8, 4) is 0 Å². The molecule has 19 heavy (non-hydrogen) atoms. The van der Waals surface area contributed by atoms with Crippen molar-refractivity contribution < 1.29 is 4.79 Å². The van der Waals surface area contributed by atoms with Gasteiger partial charge in [0.2, 0.25) is 5.91 Å². The van der Waals surface area contributed by atoms with Crippen LogP contribution in [0.25, 0.3) is 0 Å². The topological polar surface area (TPSA) is 32.3 Å². The van der Waals surface area contributed by atoms with Crippen molar-refractivity contribution in [3.05, 3.63) is 60.2 Å². The molecule has 96 valence electrons. The molecule has 0 radical (unpaired) electrons. The molecule has 0 aromatic heterocycles. The molecule has 1 heterocycles. The number of fused-ring (bicyclic) bond motifs is 1. The number of para-hydroxylation sites is 2. The van der Waals surface area contributed by atoms with Crippen LogP contribution in [-0.4, -0.2) is 13.0 Å². The summed E-state index contributed by atoms with van der Waals surface area (Å²) in [5.41, 5.74) is 3.08. The van der Waals surface area contributed by atoms with Crippen molar-refractivity contribution in [3.63, 3.8) is 0 Å². The third kappa shape index (κ3) is 2.19. The van der Waals surface area contributed by atoms with E-state index >= 15 is 0 Å². The van der Waals surface area contributed by atoms with Crippen molar-refractivity contribution >= 4 is 17.3 Å². The molecule has 0 saturated carbocycles. The second kappa shape index (κ2) is 4.76. The Morgan fingerprint density at radius 1 is 1.05 bits per heavy atom. The lowest BCUT2D eigenvalue weighted by atomic mass is 10.0. The number of carbonyl (C=O) groups excluding carboxylic acids is 1. The molecule has 1 N–H and O–H groups in total. The van der Waals surface area contributed by atoms with Crippen LogP contribution in [0.5, 0.6) is 0 Å². The second-order valence-electron chi connectivity index (χ2n) is 4.78. The van der Waals surface area contributed by atoms with Gasteiger partial charge in [-0.2, -0.15) is 0 Å². The summed E-state index contributed by atoms with van der Waals surface area (Å²) in [5, 5.41) is 3.47. The molecule has 0 bridgehead atoms. The van der Waals surface area contributed by atoms with Crippen LogP contribution in [0.3, 0.4) is 0 Å². The van der Waals surface area contributed by atoms with Gasteiger partial charge in [-0.15, -0.1) is 0 Å². The van der Waals surface area contributed by atoms with Crippen molar-refractivity contribution in [1.82, 2.24) is 0 Å². The summed E-state index contributed by atoms with van der Waals surface area (Å²) in [6, 6.07) is 18.0. The monoisotopic (exact) mass is 252 g/mol. The molecule has 2 aromatic carbocycles. The Morgan fingerprint density at radius 3 is 2.53 bits per heavy atom. The molecule has 1 amide bonds. The van der Waals surface area contributed by atoms with Crippen LogP contribution in [0.15, 0.2) is 54.6 Å². The quantitative estimate of drug-likeness (QED) is 0.845. The van der Waals surface area contributed by atoms with E-state index in [4.69, 9.17) is 0 Å². The first-order valence-electron chi connectivity index (χ1n) is 6.43. The molecular weight excluding hydrogens is 236 g/mol. The van der Waals surface area contributed by atoms with Crippen LogP contribution in [0.4, 0.5) is 11.4 Å². The summed E-state index contributed by atoms with van der Waals surface area (Å²) < 4.78 is 0. The van der Waals surface area contributed by atoms with Gasteiger partial charge in [-0.05, 0) is 17.7 Å². The standard InChI is InChI=1S/C16H16N2O/c1-18-15-10-6-5-9-13(15)17-14(11-16(18)19)12-7-3-2-4-8-12/h2-10,14,17H,11H2,1H3/t14-/m1/s1. The number of anilines is 2. The third-order valence-corrected chi connectivity index (χ3v) is 3.55. The Hall–Kier alpha value is -2.29. The second-order valence-corrected chi connectivity index (χ2v) is 4.78. The van der Waals surface area contributed by atoms with Gasteiger partial charge >= 0.3 is 0 Å². The molecule has 0 saturated heterocycles.